The normalized spacial score (nSPS) is 32.8. The van der Waals surface area contributed by atoms with Crippen molar-refractivity contribution in [2.24, 2.45) is 5.92 Å². The minimum Gasteiger partial charge on any atom is -0.317 e. The van der Waals surface area contributed by atoms with Gasteiger partial charge in [0.2, 0.25) is 6.29 Å². The summed E-state index contributed by atoms with van der Waals surface area (Å²) < 4.78 is 11.7. The van der Waals surface area contributed by atoms with Crippen molar-refractivity contribution < 1.29 is 19.2 Å². The first-order valence-electron chi connectivity index (χ1n) is 7.46. The molecule has 0 amide bonds. The number of ether oxygens (including phenoxy) is 2. The highest BCUT2D eigenvalue weighted by atomic mass is 17.3. The second-order valence-electron chi connectivity index (χ2n) is 5.46. The molecule has 2 heterocycles. The van der Waals surface area contributed by atoms with E-state index in [9.17, 15) is 0 Å². The zero-order valence-electron chi connectivity index (χ0n) is 12.2. The van der Waals surface area contributed by atoms with Crippen molar-refractivity contribution in [3.63, 3.8) is 0 Å². The first-order chi connectivity index (χ1) is 9.74. The molecule has 2 bridgehead atoms. The van der Waals surface area contributed by atoms with Gasteiger partial charge in [-0.25, -0.2) is 9.78 Å². The van der Waals surface area contributed by atoms with Crippen molar-refractivity contribution in [2.45, 2.75) is 58.4 Å². The Morgan fingerprint density at radius 3 is 2.40 bits per heavy atom. The Bertz CT molecular complexity index is 458. The van der Waals surface area contributed by atoms with E-state index in [1.165, 1.54) is 5.56 Å². The molecule has 3 rings (SSSR count). The molecule has 0 aliphatic carbocycles. The van der Waals surface area contributed by atoms with Gasteiger partial charge < -0.3 is 9.47 Å². The Kier molecular flexibility index (Phi) is 4.08. The lowest BCUT2D eigenvalue weighted by molar-refractivity contribution is -0.400. The van der Waals surface area contributed by atoms with Crippen LogP contribution in [0.3, 0.4) is 0 Å². The maximum absolute atomic E-state index is 5.97. The van der Waals surface area contributed by atoms with Gasteiger partial charge in [0.15, 0.2) is 12.6 Å². The fourth-order valence-corrected chi connectivity index (χ4v) is 3.25. The van der Waals surface area contributed by atoms with Crippen LogP contribution < -0.4 is 0 Å². The lowest BCUT2D eigenvalue weighted by Gasteiger charge is -2.38. The van der Waals surface area contributed by atoms with Crippen LogP contribution >= 0.6 is 0 Å². The Morgan fingerprint density at radius 2 is 1.70 bits per heavy atom. The van der Waals surface area contributed by atoms with Crippen molar-refractivity contribution in [3.05, 3.63) is 35.4 Å². The van der Waals surface area contributed by atoms with Crippen LogP contribution in [0.4, 0.5) is 0 Å². The molecule has 1 aromatic carbocycles. The van der Waals surface area contributed by atoms with Crippen molar-refractivity contribution in [1.82, 2.24) is 0 Å². The first-order valence-corrected chi connectivity index (χ1v) is 7.46. The van der Waals surface area contributed by atoms with Crippen molar-refractivity contribution >= 4 is 0 Å². The Morgan fingerprint density at radius 1 is 1.00 bits per heavy atom. The highest BCUT2D eigenvalue weighted by molar-refractivity contribution is 5.34. The van der Waals surface area contributed by atoms with Gasteiger partial charge in [-0.15, -0.1) is 0 Å². The lowest BCUT2D eigenvalue weighted by atomic mass is 9.79. The average molecular weight is 278 g/mol. The molecule has 4 heteroatoms. The van der Waals surface area contributed by atoms with Gasteiger partial charge in [-0.05, 0) is 18.4 Å². The van der Waals surface area contributed by atoms with Crippen LogP contribution in [0, 0.1) is 5.92 Å². The van der Waals surface area contributed by atoms with Crippen molar-refractivity contribution in [2.75, 3.05) is 0 Å². The average Bonchev–Trinajstić information content (AvgIpc) is 2.64. The van der Waals surface area contributed by atoms with Gasteiger partial charge in [-0.2, -0.15) is 0 Å². The van der Waals surface area contributed by atoms with E-state index in [1.807, 2.05) is 13.0 Å². The summed E-state index contributed by atoms with van der Waals surface area (Å²) >= 11 is 0. The minimum absolute atomic E-state index is 0.186. The van der Waals surface area contributed by atoms with Crippen LogP contribution in [-0.2, 0) is 19.2 Å². The molecule has 1 fully saturated rings. The van der Waals surface area contributed by atoms with E-state index < -0.39 is 18.9 Å². The molecule has 0 saturated carbocycles. The molecular formula is C16H22O4. The van der Waals surface area contributed by atoms with Gasteiger partial charge in [0.1, 0.15) is 0 Å². The highest BCUT2D eigenvalue weighted by Crippen LogP contribution is 2.46. The molecule has 0 spiro atoms. The molecule has 110 valence electrons. The Balaban J connectivity index is 2.03. The molecule has 0 N–H and O–H groups in total. The predicted molar refractivity (Wildman–Crippen MR) is 73.6 cm³/mol. The van der Waals surface area contributed by atoms with Crippen LogP contribution in [0.2, 0.25) is 0 Å². The van der Waals surface area contributed by atoms with E-state index in [4.69, 9.17) is 19.2 Å². The summed E-state index contributed by atoms with van der Waals surface area (Å²) in [5.41, 5.74) is 2.36. The van der Waals surface area contributed by atoms with Crippen LogP contribution in [0.1, 0.15) is 56.9 Å². The van der Waals surface area contributed by atoms with Crippen LogP contribution in [-0.4, -0.2) is 12.6 Å². The molecule has 1 aromatic rings. The Hall–Kier alpha value is -0.940. The van der Waals surface area contributed by atoms with Crippen LogP contribution in [0.5, 0.6) is 0 Å². The maximum Gasteiger partial charge on any atom is 0.201 e. The van der Waals surface area contributed by atoms with Gasteiger partial charge in [-0.3, -0.25) is 0 Å². The summed E-state index contributed by atoms with van der Waals surface area (Å²) in [6.45, 7) is 6.23. The van der Waals surface area contributed by atoms with E-state index in [1.54, 1.807) is 0 Å². The quantitative estimate of drug-likeness (QED) is 0.786. The zero-order valence-corrected chi connectivity index (χ0v) is 12.2. The lowest BCUT2D eigenvalue weighted by Crippen LogP contribution is -2.35. The zero-order chi connectivity index (χ0) is 14.1. The summed E-state index contributed by atoms with van der Waals surface area (Å²) in [5, 5.41) is 0. The standard InChI is InChI=1S/C16H22O4/c1-4-11(5-2)14-12-8-6-7-9-13(12)15-17-10(3)19-20-16(14)18-15/h6-11,14-16H,4-5H2,1-3H3/t10?,14-,15+,16+/m0/s1. The largest absolute Gasteiger partial charge is 0.317 e. The number of fused-ring (bicyclic) bond motifs is 4. The maximum atomic E-state index is 5.97. The predicted octanol–water partition coefficient (Wildman–Crippen LogP) is 3.89. The third-order valence-corrected chi connectivity index (χ3v) is 4.32. The summed E-state index contributed by atoms with van der Waals surface area (Å²) in [6, 6.07) is 8.32. The third kappa shape index (κ3) is 2.37. The van der Waals surface area contributed by atoms with E-state index in [2.05, 4.69) is 32.0 Å². The molecule has 1 saturated heterocycles. The fourth-order valence-electron chi connectivity index (χ4n) is 3.25. The van der Waals surface area contributed by atoms with Gasteiger partial charge in [-0.1, -0.05) is 51.0 Å². The minimum atomic E-state index is -0.432. The van der Waals surface area contributed by atoms with Gasteiger partial charge >= 0.3 is 0 Å². The molecule has 2 aliphatic heterocycles. The smallest absolute Gasteiger partial charge is 0.201 e. The number of hydrogen-bond acceptors (Lipinski definition) is 4. The van der Waals surface area contributed by atoms with Gasteiger partial charge in [0.25, 0.3) is 0 Å². The van der Waals surface area contributed by atoms with Crippen LogP contribution in [0.25, 0.3) is 0 Å². The first kappa shape index (κ1) is 14.0. The van der Waals surface area contributed by atoms with E-state index in [0.29, 0.717) is 5.92 Å². The van der Waals surface area contributed by atoms with Crippen LogP contribution in [0.15, 0.2) is 24.3 Å². The number of rotatable bonds is 3. The molecule has 4 nitrogen and oxygen atoms in total. The fraction of sp³-hybridized carbons (Fsp3) is 0.625. The monoisotopic (exact) mass is 278 g/mol. The molecule has 2 aliphatic rings. The summed E-state index contributed by atoms with van der Waals surface area (Å²) in [7, 11) is 0. The summed E-state index contributed by atoms with van der Waals surface area (Å²) in [4.78, 5) is 10.8. The molecule has 0 aromatic heterocycles. The molecule has 1 unspecified atom stereocenters. The summed E-state index contributed by atoms with van der Waals surface area (Å²) in [5.74, 6) is 0.686. The van der Waals surface area contributed by atoms with Crippen molar-refractivity contribution in [3.8, 4) is 0 Å². The summed E-state index contributed by atoms with van der Waals surface area (Å²) in [6.07, 6.45) is 0.933. The topological polar surface area (TPSA) is 36.9 Å². The van der Waals surface area contributed by atoms with E-state index >= 15 is 0 Å². The molecular weight excluding hydrogens is 256 g/mol. The SMILES string of the molecule is CCC(CC)[C@H]1c2ccccc2[C@@H]2OC(C)OO[C@H]1O2. The third-order valence-electron chi connectivity index (χ3n) is 4.32. The van der Waals surface area contributed by atoms with E-state index in [0.717, 1.165) is 18.4 Å². The second-order valence-corrected chi connectivity index (χ2v) is 5.46. The molecule has 4 atom stereocenters. The highest BCUT2D eigenvalue weighted by Gasteiger charge is 2.43. The van der Waals surface area contributed by atoms with Gasteiger partial charge in [0.05, 0.1) is 0 Å². The second kappa shape index (κ2) is 5.82. The number of hydrogen-bond donors (Lipinski definition) is 0. The number of benzene rings is 1. The van der Waals surface area contributed by atoms with Crippen molar-refractivity contribution in [1.29, 1.82) is 0 Å². The van der Waals surface area contributed by atoms with Gasteiger partial charge in [0, 0.05) is 11.5 Å². The molecule has 0 radical (unpaired) electrons. The molecule has 20 heavy (non-hydrogen) atoms. The Labute approximate surface area is 119 Å². The van der Waals surface area contributed by atoms with E-state index in [-0.39, 0.29) is 5.92 Å².